The van der Waals surface area contributed by atoms with Crippen LogP contribution in [-0.2, 0) is 6.42 Å². The van der Waals surface area contributed by atoms with Gasteiger partial charge in [-0.25, -0.2) is 0 Å². The first-order chi connectivity index (χ1) is 8.15. The molecule has 2 aromatic rings. The van der Waals surface area contributed by atoms with Crippen molar-refractivity contribution in [3.8, 4) is 0 Å². The summed E-state index contributed by atoms with van der Waals surface area (Å²) in [5.41, 5.74) is 10.6. The largest absolute Gasteiger partial charge is 0.399 e. The predicted molar refractivity (Wildman–Crippen MR) is 74.2 cm³/mol. The van der Waals surface area contributed by atoms with Gasteiger partial charge in [-0.2, -0.15) is 0 Å². The third kappa shape index (κ3) is 3.10. The van der Waals surface area contributed by atoms with E-state index in [0.717, 1.165) is 12.1 Å². The molecular weight excluding hydrogens is 206 g/mol. The van der Waals surface area contributed by atoms with Crippen molar-refractivity contribution < 1.29 is 0 Å². The molecule has 0 bridgehead atoms. The number of anilines is 1. The lowest BCUT2D eigenvalue weighted by Gasteiger charge is -2.08. The number of benzene rings is 2. The first kappa shape index (κ1) is 11.7. The Morgan fingerprint density at radius 3 is 2.29 bits per heavy atom. The van der Waals surface area contributed by atoms with Crippen LogP contribution in [0, 0.1) is 0 Å². The molecule has 0 heterocycles. The molecule has 0 aliphatic rings. The Bertz CT molecular complexity index is 483. The molecule has 0 atom stereocenters. The molecule has 1 heteroatoms. The first-order valence-corrected chi connectivity index (χ1v) is 6.08. The molecule has 2 N–H and O–H groups in total. The van der Waals surface area contributed by atoms with Gasteiger partial charge in [0.15, 0.2) is 0 Å². The molecule has 17 heavy (non-hydrogen) atoms. The number of nitrogens with two attached hydrogens (primary N) is 1. The fraction of sp³-hybridized carbons (Fsp3) is 0.250. The second-order valence-corrected chi connectivity index (χ2v) is 4.82. The highest BCUT2D eigenvalue weighted by molar-refractivity contribution is 5.41. The molecular formula is C16H19N. The maximum atomic E-state index is 5.68. The molecule has 1 nitrogen and oxygen atoms in total. The van der Waals surface area contributed by atoms with Crippen molar-refractivity contribution in [2.24, 2.45) is 0 Å². The summed E-state index contributed by atoms with van der Waals surface area (Å²) in [6.07, 6.45) is 0.973. The Labute approximate surface area is 103 Å². The van der Waals surface area contributed by atoms with Gasteiger partial charge in [0.05, 0.1) is 0 Å². The van der Waals surface area contributed by atoms with E-state index in [4.69, 9.17) is 5.73 Å². The second-order valence-electron chi connectivity index (χ2n) is 4.82. The fourth-order valence-electron chi connectivity index (χ4n) is 1.93. The van der Waals surface area contributed by atoms with Crippen LogP contribution in [0.15, 0.2) is 48.5 Å². The first-order valence-electron chi connectivity index (χ1n) is 6.08. The molecule has 0 aliphatic carbocycles. The molecule has 0 radical (unpaired) electrons. The summed E-state index contributed by atoms with van der Waals surface area (Å²) >= 11 is 0. The molecule has 0 saturated carbocycles. The summed E-state index contributed by atoms with van der Waals surface area (Å²) in [5, 5.41) is 0. The lowest BCUT2D eigenvalue weighted by molar-refractivity contribution is 0.863. The monoisotopic (exact) mass is 225 g/mol. The minimum atomic E-state index is 0.585. The summed E-state index contributed by atoms with van der Waals surface area (Å²) in [6.45, 7) is 4.45. The van der Waals surface area contributed by atoms with Crippen LogP contribution in [0.25, 0.3) is 0 Å². The number of nitrogen functional groups attached to an aromatic ring is 1. The van der Waals surface area contributed by atoms with Crippen molar-refractivity contribution in [2.75, 3.05) is 5.73 Å². The van der Waals surface area contributed by atoms with E-state index in [1.165, 1.54) is 16.7 Å². The van der Waals surface area contributed by atoms with E-state index in [2.05, 4.69) is 50.2 Å². The van der Waals surface area contributed by atoms with Gasteiger partial charge in [0.1, 0.15) is 0 Å². The maximum Gasteiger partial charge on any atom is 0.0314 e. The van der Waals surface area contributed by atoms with Crippen molar-refractivity contribution in [2.45, 2.75) is 26.2 Å². The van der Waals surface area contributed by atoms with Gasteiger partial charge in [-0.05, 0) is 41.2 Å². The van der Waals surface area contributed by atoms with Crippen LogP contribution in [0.3, 0.4) is 0 Å². The predicted octanol–water partition coefficient (Wildman–Crippen LogP) is 3.98. The molecule has 0 aromatic heterocycles. The smallest absolute Gasteiger partial charge is 0.0314 e. The zero-order valence-electron chi connectivity index (χ0n) is 10.5. The normalized spacial score (nSPS) is 10.8. The van der Waals surface area contributed by atoms with E-state index in [1.807, 2.05) is 12.1 Å². The van der Waals surface area contributed by atoms with E-state index in [0.29, 0.717) is 5.92 Å². The number of rotatable bonds is 3. The maximum absolute atomic E-state index is 5.68. The molecule has 0 fully saturated rings. The zero-order valence-corrected chi connectivity index (χ0v) is 10.5. The van der Waals surface area contributed by atoms with Gasteiger partial charge in [0.25, 0.3) is 0 Å². The quantitative estimate of drug-likeness (QED) is 0.785. The number of hydrogen-bond acceptors (Lipinski definition) is 1. The topological polar surface area (TPSA) is 26.0 Å². The summed E-state index contributed by atoms with van der Waals surface area (Å²) in [4.78, 5) is 0. The standard InChI is InChI=1S/C16H19N/c1-12(2)15-5-3-4-14(11-15)10-13-6-8-16(17)9-7-13/h3-9,11-12H,10,17H2,1-2H3. The van der Waals surface area contributed by atoms with Gasteiger partial charge in [0, 0.05) is 5.69 Å². The molecule has 2 rings (SSSR count). The molecule has 0 aliphatic heterocycles. The molecule has 0 spiro atoms. The van der Waals surface area contributed by atoms with Gasteiger partial charge in [-0.3, -0.25) is 0 Å². The van der Waals surface area contributed by atoms with E-state index >= 15 is 0 Å². The molecule has 0 amide bonds. The van der Waals surface area contributed by atoms with Crippen LogP contribution >= 0.6 is 0 Å². The van der Waals surface area contributed by atoms with Crippen LogP contribution < -0.4 is 5.73 Å². The van der Waals surface area contributed by atoms with Crippen molar-refractivity contribution in [1.82, 2.24) is 0 Å². The van der Waals surface area contributed by atoms with Crippen LogP contribution in [-0.4, -0.2) is 0 Å². The second kappa shape index (κ2) is 5.05. The van der Waals surface area contributed by atoms with Crippen molar-refractivity contribution >= 4 is 5.69 Å². The van der Waals surface area contributed by atoms with E-state index in [9.17, 15) is 0 Å². The minimum absolute atomic E-state index is 0.585. The van der Waals surface area contributed by atoms with Gasteiger partial charge in [-0.15, -0.1) is 0 Å². The third-order valence-electron chi connectivity index (χ3n) is 3.01. The molecule has 2 aromatic carbocycles. The summed E-state index contributed by atoms with van der Waals surface area (Å²) in [7, 11) is 0. The Morgan fingerprint density at radius 2 is 1.65 bits per heavy atom. The zero-order chi connectivity index (χ0) is 12.3. The summed E-state index contributed by atoms with van der Waals surface area (Å²) in [6, 6.07) is 16.9. The Hall–Kier alpha value is -1.76. The minimum Gasteiger partial charge on any atom is -0.399 e. The van der Waals surface area contributed by atoms with E-state index < -0.39 is 0 Å². The Kier molecular flexibility index (Phi) is 3.48. The lowest BCUT2D eigenvalue weighted by atomic mass is 9.97. The average Bonchev–Trinajstić information content (AvgIpc) is 2.32. The highest BCUT2D eigenvalue weighted by Gasteiger charge is 2.01. The summed E-state index contributed by atoms with van der Waals surface area (Å²) in [5.74, 6) is 0.585. The number of hydrogen-bond donors (Lipinski definition) is 1. The third-order valence-corrected chi connectivity index (χ3v) is 3.01. The molecule has 0 unspecified atom stereocenters. The van der Waals surface area contributed by atoms with Gasteiger partial charge in [-0.1, -0.05) is 50.2 Å². The van der Waals surface area contributed by atoms with Crippen molar-refractivity contribution in [1.29, 1.82) is 0 Å². The van der Waals surface area contributed by atoms with Crippen LogP contribution in [0.4, 0.5) is 5.69 Å². The van der Waals surface area contributed by atoms with Gasteiger partial charge < -0.3 is 5.73 Å². The van der Waals surface area contributed by atoms with Gasteiger partial charge in [0.2, 0.25) is 0 Å². The highest BCUT2D eigenvalue weighted by atomic mass is 14.5. The lowest BCUT2D eigenvalue weighted by Crippen LogP contribution is -1.93. The average molecular weight is 225 g/mol. The Balaban J connectivity index is 2.18. The van der Waals surface area contributed by atoms with E-state index in [-0.39, 0.29) is 0 Å². The van der Waals surface area contributed by atoms with E-state index in [1.54, 1.807) is 0 Å². The molecule has 0 saturated heterocycles. The van der Waals surface area contributed by atoms with Crippen LogP contribution in [0.5, 0.6) is 0 Å². The van der Waals surface area contributed by atoms with Gasteiger partial charge >= 0.3 is 0 Å². The van der Waals surface area contributed by atoms with Crippen molar-refractivity contribution in [3.05, 3.63) is 65.2 Å². The van der Waals surface area contributed by atoms with Crippen LogP contribution in [0.1, 0.15) is 36.5 Å². The summed E-state index contributed by atoms with van der Waals surface area (Å²) < 4.78 is 0. The Morgan fingerprint density at radius 1 is 0.941 bits per heavy atom. The highest BCUT2D eigenvalue weighted by Crippen LogP contribution is 2.18. The fourth-order valence-corrected chi connectivity index (χ4v) is 1.93. The SMILES string of the molecule is CC(C)c1cccc(Cc2ccc(N)cc2)c1. The molecule has 88 valence electrons. The van der Waals surface area contributed by atoms with Crippen LogP contribution in [0.2, 0.25) is 0 Å². The van der Waals surface area contributed by atoms with Crippen molar-refractivity contribution in [3.63, 3.8) is 0 Å².